The van der Waals surface area contributed by atoms with E-state index in [2.05, 4.69) is 35.8 Å². The molecule has 0 unspecified atom stereocenters. The van der Waals surface area contributed by atoms with Crippen LogP contribution in [-0.2, 0) is 6.61 Å². The third-order valence-electron chi connectivity index (χ3n) is 4.90. The first kappa shape index (κ1) is 23.4. The van der Waals surface area contributed by atoms with Gasteiger partial charge in [-0.3, -0.25) is 10.1 Å². The Morgan fingerprint density at radius 3 is 2.77 bits per heavy atom. The summed E-state index contributed by atoms with van der Waals surface area (Å²) in [5, 5.41) is 5.55. The number of likely N-dealkylation sites (tertiary alicyclic amines) is 1. The number of nitrogens with one attached hydrogen (secondary N) is 2. The number of urea groups is 1. The molecule has 2 aromatic rings. The Labute approximate surface area is 192 Å². The van der Waals surface area contributed by atoms with Crippen molar-refractivity contribution in [2.75, 3.05) is 31.5 Å². The Morgan fingerprint density at radius 1 is 1.29 bits per heavy atom. The second-order valence-electron chi connectivity index (χ2n) is 7.22. The van der Waals surface area contributed by atoms with Crippen molar-refractivity contribution >= 4 is 44.4 Å². The van der Waals surface area contributed by atoms with E-state index in [1.807, 2.05) is 0 Å². The predicted octanol–water partition coefficient (Wildman–Crippen LogP) is 3.72. The molecule has 1 aromatic heterocycles. The number of carbonyl (C=O) groups excluding carboxylic acids is 2. The molecule has 0 atom stereocenters. The minimum absolute atomic E-state index is 0.0355. The number of benzene rings is 1. The van der Waals surface area contributed by atoms with Gasteiger partial charge in [-0.05, 0) is 69.0 Å². The molecule has 1 aromatic carbocycles. The van der Waals surface area contributed by atoms with Gasteiger partial charge >= 0.3 is 6.03 Å². The van der Waals surface area contributed by atoms with Crippen LogP contribution in [0.5, 0.6) is 5.88 Å². The fourth-order valence-electron chi connectivity index (χ4n) is 3.28. The Bertz CT molecular complexity index is 920. The van der Waals surface area contributed by atoms with Gasteiger partial charge in [-0.25, -0.2) is 9.18 Å². The number of ether oxygens (including phenoxy) is 1. The molecule has 2 heterocycles. The molecule has 1 aliphatic rings. The molecule has 1 saturated heterocycles. The first-order valence-corrected chi connectivity index (χ1v) is 11.6. The maximum atomic E-state index is 14.0. The number of aromatic nitrogens is 1. The number of nitrogens with two attached hydrogens (primary N) is 1. The maximum Gasteiger partial charge on any atom is 0.319 e. The summed E-state index contributed by atoms with van der Waals surface area (Å²) in [5.74, 6) is -1.28. The summed E-state index contributed by atoms with van der Waals surface area (Å²) in [7, 11) is 0. The molecule has 11 heteroatoms. The van der Waals surface area contributed by atoms with Crippen molar-refractivity contribution < 1.29 is 18.7 Å². The topological polar surface area (TPSA) is 110 Å². The summed E-state index contributed by atoms with van der Waals surface area (Å²) in [6.45, 7) is 3.76. The average Bonchev–Trinajstić information content (AvgIpc) is 3.37. The fraction of sp³-hybridized carbons (Fsp3) is 0.450. The predicted molar refractivity (Wildman–Crippen MR) is 121 cm³/mol. The number of rotatable bonds is 10. The van der Waals surface area contributed by atoms with Gasteiger partial charge in [0.25, 0.3) is 5.91 Å². The van der Waals surface area contributed by atoms with Gasteiger partial charge in [0.05, 0.1) is 0 Å². The molecule has 0 radical (unpaired) electrons. The lowest BCUT2D eigenvalue weighted by Crippen LogP contribution is -2.30. The van der Waals surface area contributed by atoms with Gasteiger partial charge in [0.15, 0.2) is 0 Å². The molecule has 8 nitrogen and oxygen atoms in total. The summed E-state index contributed by atoms with van der Waals surface area (Å²) < 4.78 is 24.1. The van der Waals surface area contributed by atoms with Crippen LogP contribution in [0.4, 0.5) is 14.2 Å². The second-order valence-corrected chi connectivity index (χ2v) is 8.91. The molecule has 31 heavy (non-hydrogen) atoms. The zero-order chi connectivity index (χ0) is 22.2. The van der Waals surface area contributed by atoms with Gasteiger partial charge in [0.1, 0.15) is 23.0 Å². The van der Waals surface area contributed by atoms with E-state index in [-0.39, 0.29) is 23.1 Å². The number of primary amides is 1. The third kappa shape index (κ3) is 6.88. The molecular weight excluding hydrogens is 489 g/mol. The Balaban J connectivity index is 1.49. The van der Waals surface area contributed by atoms with Crippen molar-refractivity contribution in [3.8, 4) is 5.88 Å². The van der Waals surface area contributed by atoms with Crippen molar-refractivity contribution in [1.29, 1.82) is 0 Å². The van der Waals surface area contributed by atoms with E-state index in [1.54, 1.807) is 12.1 Å². The van der Waals surface area contributed by atoms with Crippen LogP contribution < -0.4 is 21.1 Å². The van der Waals surface area contributed by atoms with E-state index in [4.69, 9.17) is 10.5 Å². The highest BCUT2D eigenvalue weighted by Crippen LogP contribution is 2.31. The van der Waals surface area contributed by atoms with Crippen LogP contribution >= 0.6 is 27.5 Å². The van der Waals surface area contributed by atoms with E-state index < -0.39 is 17.8 Å². The Kier molecular flexibility index (Phi) is 8.61. The Morgan fingerprint density at radius 2 is 2.06 bits per heavy atom. The van der Waals surface area contributed by atoms with E-state index in [0.29, 0.717) is 16.6 Å². The lowest BCUT2D eigenvalue weighted by atomic mass is 10.2. The third-order valence-corrected chi connectivity index (χ3v) is 6.14. The van der Waals surface area contributed by atoms with E-state index in [1.165, 1.54) is 18.9 Å². The quantitative estimate of drug-likeness (QED) is 0.419. The zero-order valence-electron chi connectivity index (χ0n) is 17.0. The van der Waals surface area contributed by atoms with Crippen molar-refractivity contribution in [1.82, 2.24) is 14.6 Å². The van der Waals surface area contributed by atoms with Crippen LogP contribution in [0.3, 0.4) is 0 Å². The normalized spacial score (nSPS) is 13.9. The number of nitrogens with zero attached hydrogens (tertiary/aromatic N) is 2. The molecule has 1 aliphatic heterocycles. The van der Waals surface area contributed by atoms with E-state index in [0.717, 1.165) is 44.0 Å². The van der Waals surface area contributed by atoms with Gasteiger partial charge in [-0.15, -0.1) is 0 Å². The number of halogens is 2. The molecule has 0 saturated carbocycles. The average molecular weight is 514 g/mol. The number of anilines is 1. The highest BCUT2D eigenvalue weighted by molar-refractivity contribution is 9.10. The summed E-state index contributed by atoms with van der Waals surface area (Å²) in [6.07, 6.45) is 4.41. The number of carbonyl (C=O) groups is 2. The van der Waals surface area contributed by atoms with Crippen molar-refractivity contribution in [3.63, 3.8) is 0 Å². The molecule has 0 bridgehead atoms. The van der Waals surface area contributed by atoms with Crippen LogP contribution in [0.25, 0.3) is 0 Å². The smallest absolute Gasteiger partial charge is 0.319 e. The molecule has 0 spiro atoms. The second kappa shape index (κ2) is 11.4. The van der Waals surface area contributed by atoms with Crippen LogP contribution in [0.2, 0.25) is 0 Å². The fourth-order valence-corrected chi connectivity index (χ4v) is 4.35. The minimum Gasteiger partial charge on any atom is -0.471 e. The highest BCUT2D eigenvalue weighted by atomic mass is 79.9. The van der Waals surface area contributed by atoms with Crippen LogP contribution in [-0.4, -0.2) is 47.4 Å². The van der Waals surface area contributed by atoms with Gasteiger partial charge in [0, 0.05) is 16.6 Å². The lowest BCUT2D eigenvalue weighted by molar-refractivity contribution is 0.0996. The number of hydrogen-bond donors (Lipinski definition) is 3. The summed E-state index contributed by atoms with van der Waals surface area (Å²) in [5.41, 5.74) is 5.71. The minimum atomic E-state index is -0.791. The first-order chi connectivity index (χ1) is 14.9. The van der Waals surface area contributed by atoms with Crippen molar-refractivity contribution in [3.05, 3.63) is 39.6 Å². The molecule has 3 amide bonds. The van der Waals surface area contributed by atoms with Gasteiger partial charge < -0.3 is 20.7 Å². The molecule has 4 N–H and O–H groups in total. The van der Waals surface area contributed by atoms with Crippen molar-refractivity contribution in [2.24, 2.45) is 5.73 Å². The number of amides is 3. The molecule has 1 fully saturated rings. The highest BCUT2D eigenvalue weighted by Gasteiger charge is 2.22. The van der Waals surface area contributed by atoms with Gasteiger partial charge in [0.2, 0.25) is 5.88 Å². The monoisotopic (exact) mass is 513 g/mol. The lowest BCUT2D eigenvalue weighted by Gasteiger charge is -2.14. The Hall–Kier alpha value is -2.24. The first-order valence-electron chi connectivity index (χ1n) is 10.1. The van der Waals surface area contributed by atoms with Gasteiger partial charge in [-0.2, -0.15) is 4.37 Å². The SMILES string of the molecule is NC(=O)c1c(OCc2ccc(Br)cc2F)nsc1NC(=O)NCCCCN1CCCC1. The maximum absolute atomic E-state index is 14.0. The van der Waals surface area contributed by atoms with Gasteiger partial charge in [-0.1, -0.05) is 22.0 Å². The van der Waals surface area contributed by atoms with E-state index in [9.17, 15) is 14.0 Å². The summed E-state index contributed by atoms with van der Waals surface area (Å²) >= 11 is 4.07. The summed E-state index contributed by atoms with van der Waals surface area (Å²) in [6, 6.07) is 4.11. The van der Waals surface area contributed by atoms with Crippen LogP contribution in [0.15, 0.2) is 22.7 Å². The number of unbranched alkanes of at least 4 members (excludes halogenated alkanes) is 1. The molecule has 0 aliphatic carbocycles. The standard InChI is InChI=1S/C20H25BrFN5O3S/c21-14-6-5-13(15(22)11-14)12-30-18-16(17(23)28)19(31-26-18)25-20(29)24-7-1-2-8-27-9-3-4-10-27/h5-6,11H,1-4,7-10,12H2,(H2,23,28)(H2,24,25,29). The molecule has 3 rings (SSSR count). The van der Waals surface area contributed by atoms with Crippen LogP contribution in [0.1, 0.15) is 41.6 Å². The van der Waals surface area contributed by atoms with E-state index >= 15 is 0 Å². The number of hydrogen-bond acceptors (Lipinski definition) is 6. The molecule has 168 valence electrons. The van der Waals surface area contributed by atoms with Crippen molar-refractivity contribution in [2.45, 2.75) is 32.3 Å². The summed E-state index contributed by atoms with van der Waals surface area (Å²) in [4.78, 5) is 26.5. The zero-order valence-corrected chi connectivity index (χ0v) is 19.4. The van der Waals surface area contributed by atoms with Crippen LogP contribution in [0, 0.1) is 5.82 Å². The largest absolute Gasteiger partial charge is 0.471 e. The molecular formula is C20H25BrFN5O3S.